The van der Waals surface area contributed by atoms with E-state index in [1.807, 2.05) is 0 Å². The number of rotatable bonds is 0. The van der Waals surface area contributed by atoms with Crippen LogP contribution in [0.25, 0.3) is 0 Å². The highest BCUT2D eigenvalue weighted by molar-refractivity contribution is 8.93. The highest BCUT2D eigenvalue weighted by atomic mass is 79.9. The molecule has 0 saturated heterocycles. The van der Waals surface area contributed by atoms with Gasteiger partial charge in [-0.1, -0.05) is 19.6 Å². The molecule has 3 heteroatoms. The van der Waals surface area contributed by atoms with Crippen molar-refractivity contribution in [1.82, 2.24) is 0 Å². The molecule has 0 saturated carbocycles. The number of hydrogen-bond acceptors (Lipinski definition) is 0. The first kappa shape index (κ1) is 10.1. The Morgan fingerprint density at radius 3 is 1.17 bits per heavy atom. The topological polar surface area (TPSA) is 0 Å². The molecule has 0 N–H and O–H groups in total. The van der Waals surface area contributed by atoms with Gasteiger partial charge in [-0.3, -0.25) is 0 Å². The molecule has 0 heterocycles. The standard InChI is InChI=1S/C3H9ClSi.BrH/c1-5(2,3)4;/h1-3H3;1H. The van der Waals surface area contributed by atoms with Gasteiger partial charge in [-0.05, 0) is 0 Å². The Morgan fingerprint density at radius 1 is 1.17 bits per heavy atom. The van der Waals surface area contributed by atoms with Crippen molar-refractivity contribution in [2.75, 3.05) is 0 Å². The fourth-order valence-electron chi connectivity index (χ4n) is 0. The van der Waals surface area contributed by atoms with Gasteiger partial charge >= 0.3 is 0 Å². The summed E-state index contributed by atoms with van der Waals surface area (Å²) in [6.45, 7) is 6.28. The molecule has 0 aromatic carbocycles. The summed E-state index contributed by atoms with van der Waals surface area (Å²) in [5.74, 6) is 0. The van der Waals surface area contributed by atoms with Crippen LogP contribution in [0.4, 0.5) is 0 Å². The van der Waals surface area contributed by atoms with Crippen LogP contribution in [-0.4, -0.2) is 7.38 Å². The van der Waals surface area contributed by atoms with E-state index >= 15 is 0 Å². The Hall–Kier alpha value is 0.987. The molecule has 0 atom stereocenters. The Morgan fingerprint density at radius 2 is 1.17 bits per heavy atom. The zero-order chi connectivity index (χ0) is 4.50. The highest BCUT2D eigenvalue weighted by Crippen LogP contribution is 2.03. The van der Waals surface area contributed by atoms with Crippen LogP contribution in [0.1, 0.15) is 0 Å². The summed E-state index contributed by atoms with van der Waals surface area (Å²) in [4.78, 5) is 0. The quantitative estimate of drug-likeness (QED) is 0.406. The SMILES string of the molecule is Br.C[Si](C)(C)Cl. The van der Waals surface area contributed by atoms with E-state index in [1.54, 1.807) is 0 Å². The van der Waals surface area contributed by atoms with Crippen molar-refractivity contribution in [3.05, 3.63) is 0 Å². The van der Waals surface area contributed by atoms with E-state index < -0.39 is 7.38 Å². The fourth-order valence-corrected chi connectivity index (χ4v) is 0. The third-order valence-corrected chi connectivity index (χ3v) is 0. The van der Waals surface area contributed by atoms with Crippen LogP contribution in [0.3, 0.4) is 0 Å². The maximum atomic E-state index is 5.67. The molecule has 0 radical (unpaired) electrons. The minimum atomic E-state index is -1.14. The van der Waals surface area contributed by atoms with Gasteiger partial charge in [-0.25, -0.2) is 0 Å². The molecule has 0 aliphatic carbocycles. The van der Waals surface area contributed by atoms with Crippen LogP contribution in [0.2, 0.25) is 19.6 Å². The van der Waals surface area contributed by atoms with Gasteiger partial charge in [0.15, 0.2) is 0 Å². The van der Waals surface area contributed by atoms with Crippen LogP contribution in [0.5, 0.6) is 0 Å². The van der Waals surface area contributed by atoms with Crippen molar-refractivity contribution in [2.24, 2.45) is 0 Å². The van der Waals surface area contributed by atoms with Crippen LogP contribution in [-0.2, 0) is 0 Å². The zero-order valence-corrected chi connectivity index (χ0v) is 7.76. The van der Waals surface area contributed by atoms with Crippen LogP contribution in [0, 0.1) is 0 Å². The zero-order valence-electron chi connectivity index (χ0n) is 4.29. The smallest absolute Gasteiger partial charge is 0.147 e. The first-order valence-electron chi connectivity index (χ1n) is 1.69. The van der Waals surface area contributed by atoms with E-state index in [2.05, 4.69) is 19.6 Å². The normalized spacial score (nSPS) is 10.0. The van der Waals surface area contributed by atoms with Gasteiger partial charge in [0.25, 0.3) is 0 Å². The van der Waals surface area contributed by atoms with E-state index in [4.69, 9.17) is 11.1 Å². The fraction of sp³-hybridized carbons (Fsp3) is 1.00. The van der Waals surface area contributed by atoms with E-state index in [0.29, 0.717) is 0 Å². The minimum Gasteiger partial charge on any atom is -0.168 e. The van der Waals surface area contributed by atoms with Crippen LogP contribution in [0.15, 0.2) is 0 Å². The predicted molar refractivity (Wildman–Crippen MR) is 39.5 cm³/mol. The summed E-state index contributed by atoms with van der Waals surface area (Å²) in [6, 6.07) is 0. The summed E-state index contributed by atoms with van der Waals surface area (Å²) >= 11 is 5.67. The van der Waals surface area contributed by atoms with Crippen molar-refractivity contribution >= 4 is 35.4 Å². The number of halogens is 2. The Bertz CT molecular complexity index is 26.3. The lowest BCUT2D eigenvalue weighted by Crippen LogP contribution is -2.06. The largest absolute Gasteiger partial charge is 0.168 e. The first-order valence-corrected chi connectivity index (χ1v) is 6.20. The molecule has 0 aromatic rings. The predicted octanol–water partition coefficient (Wildman–Crippen LogP) is 2.64. The van der Waals surface area contributed by atoms with Gasteiger partial charge in [-0.15, -0.1) is 17.0 Å². The monoisotopic (exact) mass is 188 g/mol. The summed E-state index contributed by atoms with van der Waals surface area (Å²) in [7, 11) is -1.14. The molecule has 40 valence electrons. The molecule has 0 amide bonds. The van der Waals surface area contributed by atoms with Crippen LogP contribution < -0.4 is 0 Å². The molecule has 0 rings (SSSR count). The van der Waals surface area contributed by atoms with Crippen molar-refractivity contribution < 1.29 is 0 Å². The lowest BCUT2D eigenvalue weighted by molar-refractivity contribution is 1.87. The Balaban J connectivity index is 0. The molecule has 0 spiro atoms. The van der Waals surface area contributed by atoms with Crippen LogP contribution >= 0.6 is 28.1 Å². The average Bonchev–Trinajstić information content (AvgIpc) is 0.722. The summed E-state index contributed by atoms with van der Waals surface area (Å²) in [5, 5.41) is 0. The van der Waals surface area contributed by atoms with Gasteiger partial charge in [0.05, 0.1) is 0 Å². The van der Waals surface area contributed by atoms with E-state index in [-0.39, 0.29) is 17.0 Å². The number of hydrogen-bond donors (Lipinski definition) is 0. The second-order valence-corrected chi connectivity index (χ2v) is 9.60. The van der Waals surface area contributed by atoms with Gasteiger partial charge in [0.1, 0.15) is 7.38 Å². The molecule has 0 aromatic heterocycles. The maximum absolute atomic E-state index is 5.67. The molecule has 0 aliphatic heterocycles. The van der Waals surface area contributed by atoms with Crippen molar-refractivity contribution in [2.45, 2.75) is 19.6 Å². The van der Waals surface area contributed by atoms with Crippen molar-refractivity contribution in [1.29, 1.82) is 0 Å². The lowest BCUT2D eigenvalue weighted by atomic mass is 11.8. The molecule has 0 nitrogen and oxygen atoms in total. The molecular formula is C3H10BrClSi. The van der Waals surface area contributed by atoms with Gasteiger partial charge in [0.2, 0.25) is 0 Å². The van der Waals surface area contributed by atoms with E-state index in [1.165, 1.54) is 0 Å². The van der Waals surface area contributed by atoms with E-state index in [0.717, 1.165) is 0 Å². The first-order chi connectivity index (χ1) is 2.00. The summed E-state index contributed by atoms with van der Waals surface area (Å²) in [6.07, 6.45) is 0. The summed E-state index contributed by atoms with van der Waals surface area (Å²) < 4.78 is 0. The highest BCUT2D eigenvalue weighted by Gasteiger charge is 2.04. The minimum absolute atomic E-state index is 0. The molecular weight excluding hydrogens is 179 g/mol. The Labute approximate surface area is 55.4 Å². The molecule has 0 aliphatic rings. The summed E-state index contributed by atoms with van der Waals surface area (Å²) in [5.41, 5.74) is 0. The third-order valence-electron chi connectivity index (χ3n) is 0. The van der Waals surface area contributed by atoms with Crippen molar-refractivity contribution in [3.8, 4) is 0 Å². The molecule has 0 bridgehead atoms. The van der Waals surface area contributed by atoms with Gasteiger partial charge < -0.3 is 0 Å². The van der Waals surface area contributed by atoms with E-state index in [9.17, 15) is 0 Å². The Kier molecular flexibility index (Phi) is 5.12. The molecule has 0 fully saturated rings. The molecule has 0 unspecified atom stereocenters. The third kappa shape index (κ3) is 81.4. The average molecular weight is 190 g/mol. The second-order valence-electron chi connectivity index (χ2n) is 2.07. The lowest BCUT2D eigenvalue weighted by Gasteiger charge is -1.97. The van der Waals surface area contributed by atoms with Gasteiger partial charge in [0, 0.05) is 0 Å². The second kappa shape index (κ2) is 3.05. The molecule has 6 heavy (non-hydrogen) atoms. The van der Waals surface area contributed by atoms with Crippen molar-refractivity contribution in [3.63, 3.8) is 0 Å². The van der Waals surface area contributed by atoms with Gasteiger partial charge in [-0.2, -0.15) is 11.1 Å². The maximum Gasteiger partial charge on any atom is 0.147 e.